The lowest BCUT2D eigenvalue weighted by atomic mass is 9.93. The molecule has 1 aromatic rings. The number of carbonyl (C=O) groups is 1. The summed E-state index contributed by atoms with van der Waals surface area (Å²) in [6.07, 6.45) is 1.73. The van der Waals surface area contributed by atoms with E-state index in [-0.39, 0.29) is 29.2 Å². The highest BCUT2D eigenvalue weighted by atomic mass is 16.5. The van der Waals surface area contributed by atoms with E-state index in [4.69, 9.17) is 4.74 Å². The van der Waals surface area contributed by atoms with Crippen LogP contribution in [-0.2, 0) is 16.6 Å². The van der Waals surface area contributed by atoms with Gasteiger partial charge >= 0.3 is 0 Å². The van der Waals surface area contributed by atoms with E-state index in [1.54, 1.807) is 4.68 Å². The molecule has 6 heteroatoms. The number of anilines is 1. The van der Waals surface area contributed by atoms with Crippen LogP contribution < -0.4 is 10.2 Å². The van der Waals surface area contributed by atoms with E-state index < -0.39 is 0 Å². The number of amides is 1. The predicted octanol–water partition coefficient (Wildman–Crippen LogP) is 1.77. The first kappa shape index (κ1) is 16.5. The van der Waals surface area contributed by atoms with E-state index in [0.717, 1.165) is 30.9 Å². The minimum absolute atomic E-state index is 0.133. The summed E-state index contributed by atoms with van der Waals surface area (Å²) in [5.41, 5.74) is 0.515. The van der Waals surface area contributed by atoms with Gasteiger partial charge in [0.2, 0.25) is 5.91 Å². The maximum absolute atomic E-state index is 12.8. The first-order chi connectivity index (χ1) is 10.6. The highest BCUT2D eigenvalue weighted by Crippen LogP contribution is 2.38. The molecule has 2 fully saturated rings. The summed E-state index contributed by atoms with van der Waals surface area (Å²) in [5, 5.41) is 7.90. The predicted molar refractivity (Wildman–Crippen MR) is 89.5 cm³/mol. The van der Waals surface area contributed by atoms with Crippen LogP contribution in [0.5, 0.6) is 0 Å². The Morgan fingerprint density at radius 2 is 2.04 bits per heavy atom. The van der Waals surface area contributed by atoms with Gasteiger partial charge < -0.3 is 10.1 Å². The molecular weight excluding hydrogens is 292 g/mol. The van der Waals surface area contributed by atoms with Crippen LogP contribution in [-0.4, -0.2) is 45.5 Å². The third-order valence-electron chi connectivity index (χ3n) is 4.94. The number of carbonyl (C=O) groups excluding carboxylic acids is 1. The summed E-state index contributed by atoms with van der Waals surface area (Å²) >= 11 is 0. The summed E-state index contributed by atoms with van der Waals surface area (Å²) in [5.74, 6) is 1.01. The van der Waals surface area contributed by atoms with Crippen molar-refractivity contribution in [1.82, 2.24) is 15.1 Å². The van der Waals surface area contributed by atoms with Gasteiger partial charge in [0.1, 0.15) is 5.82 Å². The third kappa shape index (κ3) is 3.02. The zero-order valence-electron chi connectivity index (χ0n) is 15.0. The number of hydrogen-bond donors (Lipinski definition) is 1. The highest BCUT2D eigenvalue weighted by molar-refractivity contribution is 5.98. The Balaban J connectivity index is 1.72. The van der Waals surface area contributed by atoms with Crippen molar-refractivity contribution >= 4 is 11.7 Å². The van der Waals surface area contributed by atoms with Crippen molar-refractivity contribution in [2.75, 3.05) is 11.4 Å². The molecule has 1 N–H and O–H groups in total. The maximum atomic E-state index is 12.8. The molecule has 0 unspecified atom stereocenters. The zero-order chi connectivity index (χ0) is 17.0. The number of rotatable bonds is 3. The molecule has 2 aliphatic rings. The van der Waals surface area contributed by atoms with Gasteiger partial charge in [0, 0.05) is 25.7 Å². The van der Waals surface area contributed by atoms with Gasteiger partial charge in [-0.25, -0.2) is 0 Å². The normalized spacial score (nSPS) is 29.5. The van der Waals surface area contributed by atoms with Crippen molar-refractivity contribution in [2.24, 2.45) is 7.05 Å². The van der Waals surface area contributed by atoms with Crippen LogP contribution in [0.4, 0.5) is 5.82 Å². The van der Waals surface area contributed by atoms with Gasteiger partial charge in [-0.2, -0.15) is 5.10 Å². The van der Waals surface area contributed by atoms with Crippen LogP contribution in [0.15, 0.2) is 6.07 Å². The first-order valence-corrected chi connectivity index (χ1v) is 8.37. The Morgan fingerprint density at radius 1 is 1.35 bits per heavy atom. The van der Waals surface area contributed by atoms with Gasteiger partial charge in [-0.05, 0) is 47.5 Å². The summed E-state index contributed by atoms with van der Waals surface area (Å²) in [6, 6.07) is 2.00. The fourth-order valence-electron chi connectivity index (χ4n) is 3.98. The molecule has 3 rings (SSSR count). The monoisotopic (exact) mass is 320 g/mol. The van der Waals surface area contributed by atoms with Gasteiger partial charge in [0.05, 0.1) is 22.9 Å². The Hall–Kier alpha value is -1.40. The second kappa shape index (κ2) is 5.31. The molecule has 0 bridgehead atoms. The number of hydrogen-bond acceptors (Lipinski definition) is 4. The lowest BCUT2D eigenvalue weighted by Crippen LogP contribution is -2.50. The molecular formula is C17H28N4O2. The summed E-state index contributed by atoms with van der Waals surface area (Å²) in [6.45, 7) is 11.1. The lowest BCUT2D eigenvalue weighted by Gasteiger charge is -2.29. The molecule has 2 aliphatic heterocycles. The fraction of sp³-hybridized carbons (Fsp3) is 0.765. The van der Waals surface area contributed by atoms with E-state index >= 15 is 0 Å². The van der Waals surface area contributed by atoms with Crippen LogP contribution in [0.3, 0.4) is 0 Å². The molecule has 3 heterocycles. The number of nitrogens with one attached hydrogen (secondary N) is 1. The average molecular weight is 320 g/mol. The van der Waals surface area contributed by atoms with Crippen LogP contribution in [0.2, 0.25) is 0 Å². The zero-order valence-corrected chi connectivity index (χ0v) is 15.0. The molecule has 0 spiro atoms. The van der Waals surface area contributed by atoms with Crippen molar-refractivity contribution < 1.29 is 9.53 Å². The second-order valence-electron chi connectivity index (χ2n) is 7.99. The summed E-state index contributed by atoms with van der Waals surface area (Å²) < 4.78 is 7.91. The van der Waals surface area contributed by atoms with Crippen LogP contribution in [0, 0.1) is 6.92 Å². The van der Waals surface area contributed by atoms with Crippen LogP contribution >= 0.6 is 0 Å². The van der Waals surface area contributed by atoms with Gasteiger partial charge in [-0.15, -0.1) is 0 Å². The van der Waals surface area contributed by atoms with Gasteiger partial charge in [-0.3, -0.25) is 14.4 Å². The Morgan fingerprint density at radius 3 is 2.57 bits per heavy atom. The molecule has 0 aliphatic carbocycles. The molecule has 1 amide bonds. The molecule has 23 heavy (non-hydrogen) atoms. The summed E-state index contributed by atoms with van der Waals surface area (Å²) in [4.78, 5) is 14.6. The van der Waals surface area contributed by atoms with Crippen molar-refractivity contribution in [3.8, 4) is 0 Å². The van der Waals surface area contributed by atoms with Crippen molar-refractivity contribution in [3.63, 3.8) is 0 Å². The van der Waals surface area contributed by atoms with E-state index in [0.29, 0.717) is 0 Å². The van der Waals surface area contributed by atoms with Crippen molar-refractivity contribution in [3.05, 3.63) is 11.8 Å². The Kier molecular flexibility index (Phi) is 3.80. The van der Waals surface area contributed by atoms with E-state index in [1.807, 2.05) is 24.9 Å². The molecule has 2 atom stereocenters. The van der Waals surface area contributed by atoms with Crippen molar-refractivity contribution in [1.29, 1.82) is 0 Å². The minimum Gasteiger partial charge on any atom is -0.368 e. The fourth-order valence-corrected chi connectivity index (χ4v) is 3.98. The van der Waals surface area contributed by atoms with Gasteiger partial charge in [-0.1, -0.05) is 0 Å². The highest BCUT2D eigenvalue weighted by Gasteiger charge is 2.48. The van der Waals surface area contributed by atoms with E-state index in [1.165, 1.54) is 0 Å². The van der Waals surface area contributed by atoms with Gasteiger partial charge in [0.25, 0.3) is 0 Å². The van der Waals surface area contributed by atoms with E-state index in [2.05, 4.69) is 38.1 Å². The average Bonchev–Trinajstić information content (AvgIpc) is 2.96. The molecule has 128 valence electrons. The first-order valence-electron chi connectivity index (χ1n) is 8.37. The molecule has 2 saturated heterocycles. The van der Waals surface area contributed by atoms with E-state index in [9.17, 15) is 4.79 Å². The largest absolute Gasteiger partial charge is 0.368 e. The van der Waals surface area contributed by atoms with Crippen LogP contribution in [0.1, 0.15) is 46.2 Å². The molecule has 6 nitrogen and oxygen atoms in total. The number of aromatic nitrogens is 2. The Labute approximate surface area is 138 Å². The quantitative estimate of drug-likeness (QED) is 0.922. The molecule has 0 aromatic carbocycles. The maximum Gasteiger partial charge on any atom is 0.245 e. The number of ether oxygens (including phenoxy) is 1. The molecule has 1 aromatic heterocycles. The van der Waals surface area contributed by atoms with Gasteiger partial charge in [0.15, 0.2) is 0 Å². The molecule has 0 saturated carbocycles. The number of aryl methyl sites for hydroxylation is 2. The standard InChI is InChI=1S/C17H28N4O2/c1-11-9-14(20(6)19-11)21-8-7-12(15(21)22)18-13-10-16(2,3)23-17(13,4)5/h9,12-13,18H,7-8,10H2,1-6H3/t12-,13-/m1/s1. The third-order valence-corrected chi connectivity index (χ3v) is 4.94. The smallest absolute Gasteiger partial charge is 0.245 e. The SMILES string of the molecule is Cc1cc(N2CC[C@@H](N[C@@H]3CC(C)(C)OC3(C)C)C2=O)n(C)n1. The minimum atomic E-state index is -0.264. The molecule has 0 radical (unpaired) electrons. The second-order valence-corrected chi connectivity index (χ2v) is 7.99. The number of nitrogens with zero attached hydrogens (tertiary/aromatic N) is 3. The Bertz CT molecular complexity index is 620. The van der Waals surface area contributed by atoms with Crippen LogP contribution in [0.25, 0.3) is 0 Å². The summed E-state index contributed by atoms with van der Waals surface area (Å²) in [7, 11) is 1.88. The lowest BCUT2D eigenvalue weighted by molar-refractivity contribution is -0.119. The van der Waals surface area contributed by atoms with Crippen molar-refractivity contribution in [2.45, 2.75) is 70.7 Å². The topological polar surface area (TPSA) is 59.4 Å².